The molecule has 1 aliphatic heterocycles. The van der Waals surface area contributed by atoms with E-state index in [1.54, 1.807) is 26.0 Å². The number of methoxy groups -OCH3 is 1. The fraction of sp³-hybridized carbons (Fsp3) is 0.440. The number of benzene rings is 2. The topological polar surface area (TPSA) is 95.0 Å². The molecular weight excluding hydrogens is 479 g/mol. The highest BCUT2D eigenvalue weighted by Crippen LogP contribution is 2.37. The number of ether oxygens (including phenoxy) is 4. The van der Waals surface area contributed by atoms with Crippen LogP contribution in [0.2, 0.25) is 0 Å². The Morgan fingerprint density at radius 3 is 2.72 bits per heavy atom. The Morgan fingerprint density at radius 1 is 1.22 bits per heavy atom. The molecule has 2 N–H and O–H groups in total. The van der Waals surface area contributed by atoms with Gasteiger partial charge in [0, 0.05) is 17.0 Å². The van der Waals surface area contributed by atoms with Crippen molar-refractivity contribution in [2.45, 2.75) is 31.9 Å². The van der Waals surface area contributed by atoms with E-state index < -0.39 is 30.0 Å². The van der Waals surface area contributed by atoms with Gasteiger partial charge in [-0.1, -0.05) is 12.1 Å². The first-order chi connectivity index (χ1) is 17.2. The van der Waals surface area contributed by atoms with Crippen LogP contribution < -0.4 is 14.8 Å². The standard InChI is InChI=1S/C25H28F3N3O5/c1-14(17-5-4-6-19(23(17)26)25(27,28)13-32)29-24-18-9-22(36-12-16-11-34-7-8-35-16)21(33-3)10-20(18)30-15(2)31-24/h4-6,9-10,14,16,32H,7-8,11-13H2,1-3H3,(H,29,30,31)/t14-,16-/m1/s1. The molecule has 1 aliphatic rings. The molecule has 36 heavy (non-hydrogen) atoms. The number of nitrogens with zero attached hydrogens (tertiary/aromatic N) is 2. The highest BCUT2D eigenvalue weighted by molar-refractivity contribution is 5.92. The molecule has 194 valence electrons. The summed E-state index contributed by atoms with van der Waals surface area (Å²) in [5.41, 5.74) is -0.307. The predicted molar refractivity (Wildman–Crippen MR) is 126 cm³/mol. The van der Waals surface area contributed by atoms with Crippen molar-refractivity contribution < 1.29 is 37.2 Å². The van der Waals surface area contributed by atoms with Gasteiger partial charge >= 0.3 is 0 Å². The Bertz CT molecular complexity index is 1220. The zero-order valence-electron chi connectivity index (χ0n) is 20.2. The second kappa shape index (κ2) is 10.9. The van der Waals surface area contributed by atoms with Crippen LogP contribution in [0.4, 0.5) is 19.0 Å². The minimum atomic E-state index is -3.70. The number of hydrogen-bond donors (Lipinski definition) is 2. The molecule has 0 unspecified atom stereocenters. The zero-order valence-corrected chi connectivity index (χ0v) is 20.2. The van der Waals surface area contributed by atoms with Crippen LogP contribution >= 0.6 is 0 Å². The molecular formula is C25H28F3N3O5. The summed E-state index contributed by atoms with van der Waals surface area (Å²) in [7, 11) is 1.52. The predicted octanol–water partition coefficient (Wildman–Crippen LogP) is 4.14. The number of anilines is 1. The van der Waals surface area contributed by atoms with Crippen LogP contribution in [0.5, 0.6) is 11.5 Å². The second-order valence-corrected chi connectivity index (χ2v) is 8.46. The molecule has 2 heterocycles. The van der Waals surface area contributed by atoms with Gasteiger partial charge in [-0.25, -0.2) is 14.4 Å². The highest BCUT2D eigenvalue weighted by atomic mass is 19.3. The number of halogens is 3. The molecule has 3 aromatic rings. The first-order valence-corrected chi connectivity index (χ1v) is 11.5. The lowest BCUT2D eigenvalue weighted by Gasteiger charge is -2.24. The van der Waals surface area contributed by atoms with E-state index in [0.717, 1.165) is 6.07 Å². The van der Waals surface area contributed by atoms with E-state index in [9.17, 15) is 8.78 Å². The molecule has 8 nitrogen and oxygen atoms in total. The Hall–Kier alpha value is -3.15. The summed E-state index contributed by atoms with van der Waals surface area (Å²) in [4.78, 5) is 8.92. The van der Waals surface area contributed by atoms with Gasteiger partial charge in [0.05, 0.1) is 44.1 Å². The Balaban J connectivity index is 1.66. The van der Waals surface area contributed by atoms with Crippen molar-refractivity contribution in [3.05, 3.63) is 53.1 Å². The normalized spacial score (nSPS) is 17.1. The van der Waals surface area contributed by atoms with Crippen molar-refractivity contribution in [3.63, 3.8) is 0 Å². The number of fused-ring (bicyclic) bond motifs is 1. The number of aryl methyl sites for hydroxylation is 1. The van der Waals surface area contributed by atoms with Gasteiger partial charge in [-0.2, -0.15) is 8.78 Å². The van der Waals surface area contributed by atoms with Crippen LogP contribution in [0.3, 0.4) is 0 Å². The Labute approximate surface area is 206 Å². The van der Waals surface area contributed by atoms with Gasteiger partial charge in [0.2, 0.25) is 0 Å². The van der Waals surface area contributed by atoms with Gasteiger partial charge in [0.25, 0.3) is 5.92 Å². The summed E-state index contributed by atoms with van der Waals surface area (Å²) in [5.74, 6) is -3.09. The van der Waals surface area contributed by atoms with Crippen molar-refractivity contribution in [1.82, 2.24) is 9.97 Å². The third kappa shape index (κ3) is 5.48. The monoisotopic (exact) mass is 507 g/mol. The van der Waals surface area contributed by atoms with Gasteiger partial charge in [0.1, 0.15) is 36.8 Å². The van der Waals surface area contributed by atoms with E-state index >= 15 is 4.39 Å². The number of aliphatic hydroxyl groups is 1. The largest absolute Gasteiger partial charge is 0.493 e. The number of rotatable bonds is 9. The Kier molecular flexibility index (Phi) is 7.82. The lowest BCUT2D eigenvalue weighted by Crippen LogP contribution is -2.33. The fourth-order valence-corrected chi connectivity index (χ4v) is 3.99. The van der Waals surface area contributed by atoms with Gasteiger partial charge in [-0.15, -0.1) is 0 Å². The number of aromatic nitrogens is 2. The molecule has 2 atom stereocenters. The summed E-state index contributed by atoms with van der Waals surface area (Å²) in [6.45, 7) is 3.53. The molecule has 4 rings (SSSR count). The van der Waals surface area contributed by atoms with E-state index in [4.69, 9.17) is 24.1 Å². The van der Waals surface area contributed by atoms with Crippen molar-refractivity contribution in [2.75, 3.05) is 45.5 Å². The van der Waals surface area contributed by atoms with E-state index in [0.29, 0.717) is 53.9 Å². The van der Waals surface area contributed by atoms with Crippen LogP contribution in [0.1, 0.15) is 29.9 Å². The van der Waals surface area contributed by atoms with Gasteiger partial charge in [0.15, 0.2) is 11.5 Å². The molecule has 11 heteroatoms. The smallest absolute Gasteiger partial charge is 0.298 e. The number of aliphatic hydroxyl groups excluding tert-OH is 1. The van der Waals surface area contributed by atoms with Crippen LogP contribution in [0, 0.1) is 12.7 Å². The molecule has 0 bridgehead atoms. The van der Waals surface area contributed by atoms with Crippen molar-refractivity contribution in [2.24, 2.45) is 0 Å². The maximum Gasteiger partial charge on any atom is 0.298 e. The van der Waals surface area contributed by atoms with Crippen LogP contribution in [0.15, 0.2) is 30.3 Å². The van der Waals surface area contributed by atoms with Gasteiger partial charge in [-0.05, 0) is 26.0 Å². The molecule has 0 spiro atoms. The third-order valence-corrected chi connectivity index (χ3v) is 5.84. The van der Waals surface area contributed by atoms with E-state index in [1.807, 2.05) is 0 Å². The molecule has 1 saturated heterocycles. The average molecular weight is 508 g/mol. The minimum absolute atomic E-state index is 0.00414. The summed E-state index contributed by atoms with van der Waals surface area (Å²) in [5, 5.41) is 12.7. The summed E-state index contributed by atoms with van der Waals surface area (Å²) >= 11 is 0. The maximum atomic E-state index is 15.0. The minimum Gasteiger partial charge on any atom is -0.493 e. The molecule has 1 fully saturated rings. The molecule has 1 aromatic heterocycles. The van der Waals surface area contributed by atoms with Crippen LogP contribution in [-0.4, -0.2) is 61.3 Å². The van der Waals surface area contributed by atoms with Gasteiger partial charge < -0.3 is 29.4 Å². The quantitative estimate of drug-likeness (QED) is 0.447. The van der Waals surface area contributed by atoms with Crippen molar-refractivity contribution in [1.29, 1.82) is 0 Å². The number of nitrogens with one attached hydrogen (secondary N) is 1. The molecule has 0 radical (unpaired) electrons. The van der Waals surface area contributed by atoms with Crippen LogP contribution in [0.25, 0.3) is 10.9 Å². The van der Waals surface area contributed by atoms with Crippen molar-refractivity contribution in [3.8, 4) is 11.5 Å². The first-order valence-electron chi connectivity index (χ1n) is 11.5. The summed E-state index contributed by atoms with van der Waals surface area (Å²) in [6, 6.07) is 6.37. The second-order valence-electron chi connectivity index (χ2n) is 8.46. The van der Waals surface area contributed by atoms with E-state index in [1.165, 1.54) is 19.2 Å². The summed E-state index contributed by atoms with van der Waals surface area (Å²) < 4.78 is 65.5. The van der Waals surface area contributed by atoms with Crippen LogP contribution in [-0.2, 0) is 15.4 Å². The number of alkyl halides is 2. The average Bonchev–Trinajstić information content (AvgIpc) is 2.87. The number of hydrogen-bond acceptors (Lipinski definition) is 8. The molecule has 0 aliphatic carbocycles. The van der Waals surface area contributed by atoms with E-state index in [2.05, 4.69) is 15.3 Å². The first kappa shape index (κ1) is 25.9. The maximum absolute atomic E-state index is 15.0. The molecule has 0 saturated carbocycles. The van der Waals surface area contributed by atoms with Gasteiger partial charge in [-0.3, -0.25) is 0 Å². The SMILES string of the molecule is COc1cc2nc(C)nc(N[C@H](C)c3cccc(C(F)(F)CO)c3F)c2cc1OC[C@H]1COCCO1. The lowest BCUT2D eigenvalue weighted by molar-refractivity contribution is -0.101. The van der Waals surface area contributed by atoms with E-state index in [-0.39, 0.29) is 18.3 Å². The third-order valence-electron chi connectivity index (χ3n) is 5.84. The fourth-order valence-electron chi connectivity index (χ4n) is 3.99. The Morgan fingerprint density at radius 2 is 2.03 bits per heavy atom. The lowest BCUT2D eigenvalue weighted by atomic mass is 10.00. The molecule has 2 aromatic carbocycles. The van der Waals surface area contributed by atoms with Crippen molar-refractivity contribution >= 4 is 16.7 Å². The molecule has 0 amide bonds. The highest BCUT2D eigenvalue weighted by Gasteiger charge is 2.35. The summed E-state index contributed by atoms with van der Waals surface area (Å²) in [6.07, 6.45) is -0.224. The zero-order chi connectivity index (χ0) is 25.9.